The quantitative estimate of drug-likeness (QED) is 0.749. The number of hydrogen-bond donors (Lipinski definition) is 1. The molecule has 0 amide bonds. The van der Waals surface area contributed by atoms with Gasteiger partial charge in [0.15, 0.2) is 0 Å². The first-order valence-electron chi connectivity index (χ1n) is 9.66. The van der Waals surface area contributed by atoms with Crippen molar-refractivity contribution in [1.29, 1.82) is 0 Å². The number of benzene rings is 2. The van der Waals surface area contributed by atoms with E-state index in [2.05, 4.69) is 29.2 Å². The second kappa shape index (κ2) is 9.37. The fraction of sp³-hybridized carbons (Fsp3) is 0.381. The fourth-order valence-corrected chi connectivity index (χ4v) is 5.40. The maximum Gasteiger partial charge on any atom is 0.490 e. The molecule has 0 aliphatic carbocycles. The van der Waals surface area contributed by atoms with Crippen LogP contribution in [-0.4, -0.2) is 60.6 Å². The molecule has 2 aromatic rings. The van der Waals surface area contributed by atoms with Gasteiger partial charge in [-0.1, -0.05) is 60.7 Å². The van der Waals surface area contributed by atoms with Crippen LogP contribution in [0.3, 0.4) is 0 Å². The van der Waals surface area contributed by atoms with Crippen LogP contribution in [0.15, 0.2) is 60.7 Å². The van der Waals surface area contributed by atoms with Gasteiger partial charge in [0, 0.05) is 38.1 Å². The Bertz CT molecular complexity index is 985. The number of carboxylic acids is 1. The predicted octanol–water partition coefficient (Wildman–Crippen LogP) is 2.97. The molecule has 2 atom stereocenters. The zero-order valence-corrected chi connectivity index (χ0v) is 17.4. The first-order chi connectivity index (χ1) is 14.6. The molecular weight excluding hydrogens is 433 g/mol. The lowest BCUT2D eigenvalue weighted by molar-refractivity contribution is -0.192. The zero-order valence-electron chi connectivity index (χ0n) is 16.6. The Hall–Kier alpha value is -2.43. The molecule has 0 saturated carbocycles. The molecular formula is C21H23F3N2O4S. The molecule has 2 unspecified atom stereocenters. The van der Waals surface area contributed by atoms with E-state index in [1.165, 1.54) is 5.56 Å². The molecule has 31 heavy (non-hydrogen) atoms. The Morgan fingerprint density at radius 2 is 1.45 bits per heavy atom. The topological polar surface area (TPSA) is 77.9 Å². The summed E-state index contributed by atoms with van der Waals surface area (Å²) in [6.45, 7) is 3.21. The zero-order chi connectivity index (χ0) is 22.6. The minimum Gasteiger partial charge on any atom is -0.475 e. The first kappa shape index (κ1) is 23.2. The van der Waals surface area contributed by atoms with Crippen molar-refractivity contribution < 1.29 is 31.5 Å². The second-order valence-corrected chi connectivity index (χ2v) is 9.57. The van der Waals surface area contributed by atoms with E-state index in [0.717, 1.165) is 18.7 Å². The van der Waals surface area contributed by atoms with Gasteiger partial charge < -0.3 is 5.11 Å². The van der Waals surface area contributed by atoms with Gasteiger partial charge in [-0.3, -0.25) is 4.90 Å². The molecule has 2 aliphatic heterocycles. The van der Waals surface area contributed by atoms with Crippen LogP contribution in [-0.2, 0) is 27.1 Å². The van der Waals surface area contributed by atoms with E-state index >= 15 is 0 Å². The van der Waals surface area contributed by atoms with Crippen LogP contribution in [0.2, 0.25) is 0 Å². The van der Waals surface area contributed by atoms with Crippen LogP contribution >= 0.6 is 0 Å². The summed E-state index contributed by atoms with van der Waals surface area (Å²) in [7, 11) is -3.23. The van der Waals surface area contributed by atoms with Crippen molar-refractivity contribution >= 4 is 16.0 Å². The van der Waals surface area contributed by atoms with Crippen molar-refractivity contribution in [3.63, 3.8) is 0 Å². The maximum absolute atomic E-state index is 12.7. The van der Waals surface area contributed by atoms with E-state index < -0.39 is 22.2 Å². The van der Waals surface area contributed by atoms with Crippen LogP contribution in [0.5, 0.6) is 0 Å². The van der Waals surface area contributed by atoms with Gasteiger partial charge in [0.25, 0.3) is 0 Å². The lowest BCUT2D eigenvalue weighted by Gasteiger charge is -2.43. The molecule has 2 saturated heterocycles. The highest BCUT2D eigenvalue weighted by Crippen LogP contribution is 2.35. The van der Waals surface area contributed by atoms with E-state index in [-0.39, 0.29) is 5.75 Å². The normalized spacial score (nSPS) is 21.5. The molecule has 6 nitrogen and oxygen atoms in total. The summed E-state index contributed by atoms with van der Waals surface area (Å²) in [6, 6.07) is 20.2. The van der Waals surface area contributed by atoms with Gasteiger partial charge >= 0.3 is 12.1 Å². The number of fused-ring (bicyclic) bond motifs is 1. The maximum atomic E-state index is 12.7. The number of aliphatic carboxylic acids is 1. The standard InChI is InChI=1S/C19H22N2O2S.C2HF3O2/c22-24(23,15-17-9-5-2-6-10-17)21-13-18-12-20(19(18)14-21)11-16-7-3-1-4-8-16;3-2(4,5)1(6)7/h1-10,18-19H,11-15H2;(H,6,7). The summed E-state index contributed by atoms with van der Waals surface area (Å²) in [4.78, 5) is 11.3. The van der Waals surface area contributed by atoms with Crippen molar-refractivity contribution in [1.82, 2.24) is 9.21 Å². The summed E-state index contributed by atoms with van der Waals surface area (Å²) in [6.07, 6.45) is -5.08. The van der Waals surface area contributed by atoms with E-state index in [4.69, 9.17) is 9.90 Å². The number of sulfonamides is 1. The monoisotopic (exact) mass is 456 g/mol. The average Bonchev–Trinajstić information content (AvgIpc) is 3.05. The number of nitrogens with zero attached hydrogens (tertiary/aromatic N) is 2. The van der Waals surface area contributed by atoms with Crippen molar-refractivity contribution in [3.8, 4) is 0 Å². The Kier molecular flexibility index (Phi) is 7.03. The highest BCUT2D eigenvalue weighted by molar-refractivity contribution is 7.88. The Balaban J connectivity index is 0.000000339. The molecule has 4 rings (SSSR count). The highest BCUT2D eigenvalue weighted by Gasteiger charge is 2.48. The Morgan fingerprint density at radius 3 is 1.97 bits per heavy atom. The van der Waals surface area contributed by atoms with Gasteiger partial charge in [0.05, 0.1) is 5.75 Å². The van der Waals surface area contributed by atoms with Crippen molar-refractivity contribution in [3.05, 3.63) is 71.8 Å². The van der Waals surface area contributed by atoms with Crippen LogP contribution in [0.4, 0.5) is 13.2 Å². The highest BCUT2D eigenvalue weighted by atomic mass is 32.2. The molecule has 2 aromatic carbocycles. The summed E-state index contributed by atoms with van der Waals surface area (Å²) in [5.41, 5.74) is 2.15. The van der Waals surface area contributed by atoms with Gasteiger partial charge in [-0.25, -0.2) is 13.2 Å². The number of halogens is 3. The van der Waals surface area contributed by atoms with Gasteiger partial charge in [0.2, 0.25) is 10.0 Å². The predicted molar refractivity (Wildman–Crippen MR) is 108 cm³/mol. The molecule has 168 valence electrons. The number of rotatable bonds is 5. The number of alkyl halides is 3. The number of hydrogen-bond acceptors (Lipinski definition) is 4. The molecule has 2 aliphatic rings. The molecule has 2 fully saturated rings. The Morgan fingerprint density at radius 1 is 0.935 bits per heavy atom. The lowest BCUT2D eigenvalue weighted by Crippen LogP contribution is -2.54. The molecule has 1 N–H and O–H groups in total. The third-order valence-corrected chi connectivity index (χ3v) is 7.15. The van der Waals surface area contributed by atoms with E-state index in [9.17, 15) is 21.6 Å². The minimum absolute atomic E-state index is 0.103. The number of likely N-dealkylation sites (tertiary alicyclic amines) is 1. The first-order valence-corrected chi connectivity index (χ1v) is 11.3. The molecule has 0 radical (unpaired) electrons. The third-order valence-electron chi connectivity index (χ3n) is 5.37. The van der Waals surface area contributed by atoms with Crippen LogP contribution < -0.4 is 0 Å². The van der Waals surface area contributed by atoms with Gasteiger partial charge in [-0.15, -0.1) is 0 Å². The largest absolute Gasteiger partial charge is 0.490 e. The van der Waals surface area contributed by atoms with Crippen LogP contribution in [0.1, 0.15) is 11.1 Å². The molecule has 10 heteroatoms. The average molecular weight is 456 g/mol. The second-order valence-electron chi connectivity index (χ2n) is 7.60. The number of carbonyl (C=O) groups is 1. The molecule has 0 spiro atoms. The van der Waals surface area contributed by atoms with Crippen molar-refractivity contribution in [2.45, 2.75) is 24.5 Å². The molecule has 0 bridgehead atoms. The smallest absolute Gasteiger partial charge is 0.475 e. The van der Waals surface area contributed by atoms with Gasteiger partial charge in [-0.05, 0) is 11.1 Å². The fourth-order valence-electron chi connectivity index (χ4n) is 3.81. The lowest BCUT2D eigenvalue weighted by atomic mass is 9.91. The summed E-state index contributed by atoms with van der Waals surface area (Å²) in [5.74, 6) is -2.17. The van der Waals surface area contributed by atoms with Gasteiger partial charge in [0.1, 0.15) is 0 Å². The van der Waals surface area contributed by atoms with Crippen LogP contribution in [0.25, 0.3) is 0 Å². The van der Waals surface area contributed by atoms with E-state index in [1.54, 1.807) is 4.31 Å². The summed E-state index contributed by atoms with van der Waals surface area (Å²) < 4.78 is 58.8. The SMILES string of the molecule is O=C(O)C(F)(F)F.O=S(=O)(Cc1ccccc1)N1CC2CN(Cc3ccccc3)C2C1. The van der Waals surface area contributed by atoms with Crippen LogP contribution in [0, 0.1) is 5.92 Å². The summed E-state index contributed by atoms with van der Waals surface area (Å²) in [5, 5.41) is 7.12. The number of carboxylic acid groups (broad SMARTS) is 1. The van der Waals surface area contributed by atoms with Crippen molar-refractivity contribution in [2.75, 3.05) is 19.6 Å². The summed E-state index contributed by atoms with van der Waals surface area (Å²) >= 11 is 0. The molecule has 2 heterocycles. The molecule has 0 aromatic heterocycles. The van der Waals surface area contributed by atoms with E-state index in [0.29, 0.717) is 25.0 Å². The Labute approximate surface area is 178 Å². The van der Waals surface area contributed by atoms with E-state index in [1.807, 2.05) is 36.4 Å². The third kappa shape index (κ3) is 6.05. The van der Waals surface area contributed by atoms with Gasteiger partial charge in [-0.2, -0.15) is 17.5 Å². The minimum atomic E-state index is -5.08. The van der Waals surface area contributed by atoms with Crippen molar-refractivity contribution in [2.24, 2.45) is 5.92 Å².